The zero-order chi connectivity index (χ0) is 18.5. The van der Waals surface area contributed by atoms with Crippen LogP contribution in [-0.4, -0.2) is 32.5 Å². The van der Waals surface area contributed by atoms with Gasteiger partial charge in [0.05, 0.1) is 25.9 Å². The van der Waals surface area contributed by atoms with Gasteiger partial charge in [-0.15, -0.1) is 0 Å². The maximum Gasteiger partial charge on any atom is 0.336 e. The number of quaternary nitrogens is 1. The molecule has 2 aromatic carbocycles. The van der Waals surface area contributed by atoms with Crippen LogP contribution in [0.4, 0.5) is 0 Å². The van der Waals surface area contributed by atoms with Gasteiger partial charge in [-0.25, -0.2) is 4.79 Å². The molecule has 1 fully saturated rings. The normalized spacial score (nSPS) is 17.1. The molecule has 0 saturated carbocycles. The van der Waals surface area contributed by atoms with Crippen LogP contribution in [-0.2, 0) is 16.0 Å². The lowest BCUT2D eigenvalue weighted by atomic mass is 10.0. The number of rotatable bonds is 8. The number of nitrogens with two attached hydrogens (primary N) is 1. The zero-order valence-electron chi connectivity index (χ0n) is 15.5. The lowest BCUT2D eigenvalue weighted by molar-refractivity contribution is -0.670. The van der Waals surface area contributed by atoms with Gasteiger partial charge in [-0.05, 0) is 29.7 Å². The molecular formula is C22H26NO4+. The van der Waals surface area contributed by atoms with Crippen molar-refractivity contribution in [3.8, 4) is 0 Å². The first-order valence-electron chi connectivity index (χ1n) is 9.77. The first-order valence-corrected chi connectivity index (χ1v) is 9.77. The molecule has 1 saturated heterocycles. The van der Waals surface area contributed by atoms with E-state index in [0.717, 1.165) is 67.3 Å². The summed E-state index contributed by atoms with van der Waals surface area (Å²) in [5, 5.41) is 5.55. The Morgan fingerprint density at radius 3 is 3.00 bits per heavy atom. The Bertz CT molecular complexity index is 959. The summed E-state index contributed by atoms with van der Waals surface area (Å²) in [6.45, 7) is 4.03. The minimum absolute atomic E-state index is 0.289. The summed E-state index contributed by atoms with van der Waals surface area (Å²) in [7, 11) is 0. The van der Waals surface area contributed by atoms with Gasteiger partial charge in [-0.1, -0.05) is 30.3 Å². The van der Waals surface area contributed by atoms with E-state index in [9.17, 15) is 4.79 Å². The van der Waals surface area contributed by atoms with Gasteiger partial charge in [0.1, 0.15) is 12.1 Å². The van der Waals surface area contributed by atoms with Gasteiger partial charge in [0.2, 0.25) is 0 Å². The predicted octanol–water partition coefficient (Wildman–Crippen LogP) is 2.60. The van der Waals surface area contributed by atoms with E-state index in [-0.39, 0.29) is 11.7 Å². The van der Waals surface area contributed by atoms with E-state index in [1.165, 1.54) is 0 Å². The molecule has 0 amide bonds. The molecule has 142 valence electrons. The van der Waals surface area contributed by atoms with Crippen LogP contribution in [0.25, 0.3) is 21.7 Å². The molecule has 0 unspecified atom stereocenters. The molecule has 0 radical (unpaired) electrons. The Morgan fingerprint density at radius 1 is 1.19 bits per heavy atom. The molecule has 5 nitrogen and oxygen atoms in total. The van der Waals surface area contributed by atoms with Crippen molar-refractivity contribution in [3.05, 3.63) is 58.4 Å². The molecule has 1 aliphatic rings. The molecule has 2 N–H and O–H groups in total. The zero-order valence-corrected chi connectivity index (χ0v) is 15.5. The fourth-order valence-corrected chi connectivity index (χ4v) is 3.76. The summed E-state index contributed by atoms with van der Waals surface area (Å²) in [5.41, 5.74) is 1.39. The maximum atomic E-state index is 11.9. The third kappa shape index (κ3) is 4.38. The van der Waals surface area contributed by atoms with Crippen LogP contribution < -0.4 is 10.9 Å². The Labute approximate surface area is 158 Å². The fourth-order valence-electron chi connectivity index (χ4n) is 3.76. The second-order valence-electron chi connectivity index (χ2n) is 7.10. The molecule has 0 bridgehead atoms. The second-order valence-corrected chi connectivity index (χ2v) is 7.10. The van der Waals surface area contributed by atoms with Gasteiger partial charge in [-0.3, -0.25) is 0 Å². The summed E-state index contributed by atoms with van der Waals surface area (Å²) >= 11 is 0. The summed E-state index contributed by atoms with van der Waals surface area (Å²) in [6.07, 6.45) is 3.53. The summed E-state index contributed by atoms with van der Waals surface area (Å²) in [4.78, 5) is 11.9. The summed E-state index contributed by atoms with van der Waals surface area (Å²) < 4.78 is 16.7. The smallest absolute Gasteiger partial charge is 0.336 e. The highest BCUT2D eigenvalue weighted by molar-refractivity contribution is 6.06. The van der Waals surface area contributed by atoms with Gasteiger partial charge >= 0.3 is 5.63 Å². The number of benzene rings is 2. The third-order valence-electron chi connectivity index (χ3n) is 5.10. The molecule has 5 heteroatoms. The summed E-state index contributed by atoms with van der Waals surface area (Å²) in [6, 6.07) is 13.7. The van der Waals surface area contributed by atoms with E-state index in [1.54, 1.807) is 6.07 Å². The van der Waals surface area contributed by atoms with Crippen molar-refractivity contribution < 1.29 is 19.2 Å². The van der Waals surface area contributed by atoms with Crippen LogP contribution >= 0.6 is 0 Å². The van der Waals surface area contributed by atoms with Crippen molar-refractivity contribution in [2.75, 3.05) is 26.4 Å². The van der Waals surface area contributed by atoms with E-state index >= 15 is 0 Å². The molecule has 0 aliphatic carbocycles. The van der Waals surface area contributed by atoms with Crippen LogP contribution in [0.2, 0.25) is 0 Å². The van der Waals surface area contributed by atoms with Crippen LogP contribution in [0.5, 0.6) is 0 Å². The first kappa shape index (κ1) is 18.2. The lowest BCUT2D eigenvalue weighted by Gasteiger charge is -2.10. The number of fused-ring (bicyclic) bond motifs is 3. The van der Waals surface area contributed by atoms with Gasteiger partial charge in [-0.2, -0.15) is 0 Å². The third-order valence-corrected chi connectivity index (χ3v) is 5.10. The minimum atomic E-state index is -0.291. The average Bonchev–Trinajstić information content (AvgIpc) is 3.20. The number of ether oxygens (including phenoxy) is 2. The van der Waals surface area contributed by atoms with Crippen molar-refractivity contribution in [2.45, 2.75) is 31.9 Å². The molecule has 1 aromatic heterocycles. The highest BCUT2D eigenvalue weighted by Gasteiger charge is 2.15. The number of hydrogen-bond donors (Lipinski definition) is 1. The molecule has 27 heavy (non-hydrogen) atoms. The van der Waals surface area contributed by atoms with E-state index in [1.807, 2.05) is 24.3 Å². The largest absolute Gasteiger partial charge is 0.423 e. The molecule has 3 aromatic rings. The summed E-state index contributed by atoms with van der Waals surface area (Å²) in [5.74, 6) is 0. The fraction of sp³-hybridized carbons (Fsp3) is 0.409. The Kier molecular flexibility index (Phi) is 5.82. The standard InChI is InChI=1S/C22H25NO4/c24-21-13-17(14-23-10-4-11-25-15-18-6-3-12-26-18)22-19-7-2-1-5-16(19)8-9-20(22)27-21/h1-2,5,7-9,13,18,23H,3-4,6,10-12,14-15H2/p+1/t18-/m1/s1. The predicted molar refractivity (Wildman–Crippen MR) is 105 cm³/mol. The van der Waals surface area contributed by atoms with E-state index in [0.29, 0.717) is 12.2 Å². The Balaban J connectivity index is 1.37. The van der Waals surface area contributed by atoms with Crippen molar-refractivity contribution in [1.82, 2.24) is 0 Å². The van der Waals surface area contributed by atoms with Crippen LogP contribution in [0.15, 0.2) is 51.7 Å². The lowest BCUT2D eigenvalue weighted by Crippen LogP contribution is -2.82. The van der Waals surface area contributed by atoms with Crippen LogP contribution in [0, 0.1) is 0 Å². The highest BCUT2D eigenvalue weighted by Crippen LogP contribution is 2.26. The second kappa shape index (κ2) is 8.65. The van der Waals surface area contributed by atoms with E-state index in [2.05, 4.69) is 17.4 Å². The molecular weight excluding hydrogens is 342 g/mol. The topological polar surface area (TPSA) is 65.3 Å². The quantitative estimate of drug-likeness (QED) is 0.377. The van der Waals surface area contributed by atoms with Crippen LogP contribution in [0.1, 0.15) is 24.8 Å². The monoisotopic (exact) mass is 368 g/mol. The Hall–Kier alpha value is -2.21. The van der Waals surface area contributed by atoms with Crippen molar-refractivity contribution in [3.63, 3.8) is 0 Å². The van der Waals surface area contributed by atoms with E-state index < -0.39 is 0 Å². The molecule has 1 aliphatic heterocycles. The van der Waals surface area contributed by atoms with Gasteiger partial charge in [0.15, 0.2) is 0 Å². The van der Waals surface area contributed by atoms with Crippen LogP contribution in [0.3, 0.4) is 0 Å². The molecule has 4 rings (SSSR count). The number of hydrogen-bond acceptors (Lipinski definition) is 4. The Morgan fingerprint density at radius 2 is 2.11 bits per heavy atom. The molecule has 1 atom stereocenters. The van der Waals surface area contributed by atoms with E-state index in [4.69, 9.17) is 13.9 Å². The van der Waals surface area contributed by atoms with Gasteiger partial charge in [0, 0.05) is 30.0 Å². The van der Waals surface area contributed by atoms with Gasteiger partial charge in [0.25, 0.3) is 0 Å². The molecule has 0 spiro atoms. The van der Waals surface area contributed by atoms with Crippen molar-refractivity contribution in [2.24, 2.45) is 0 Å². The molecule has 2 heterocycles. The highest BCUT2D eigenvalue weighted by atomic mass is 16.5. The first-order chi connectivity index (χ1) is 13.3. The van der Waals surface area contributed by atoms with Crippen molar-refractivity contribution >= 4 is 21.7 Å². The maximum absolute atomic E-state index is 11.9. The average molecular weight is 368 g/mol. The van der Waals surface area contributed by atoms with Crippen molar-refractivity contribution in [1.29, 1.82) is 0 Å². The van der Waals surface area contributed by atoms with Gasteiger partial charge < -0.3 is 19.2 Å². The minimum Gasteiger partial charge on any atom is -0.423 e. The SMILES string of the molecule is O=c1cc(C[NH2+]CCCOC[C@H]2CCCO2)c2c(ccc3ccccc32)o1.